The first kappa shape index (κ1) is 14.5. The number of rotatable bonds is 3. The molecule has 0 unspecified atom stereocenters. The molecule has 4 rings (SSSR count). The van der Waals surface area contributed by atoms with E-state index in [1.807, 2.05) is 30.5 Å². The van der Waals surface area contributed by atoms with Gasteiger partial charge < -0.3 is 15.6 Å². The average molecular weight is 321 g/mol. The van der Waals surface area contributed by atoms with E-state index in [1.54, 1.807) is 6.20 Å². The molecule has 0 spiro atoms. The van der Waals surface area contributed by atoms with Crippen LogP contribution in [0, 0.1) is 0 Å². The number of nitrogens with one attached hydrogen (secondary N) is 4. The van der Waals surface area contributed by atoms with Gasteiger partial charge in [0.05, 0.1) is 17.1 Å². The minimum absolute atomic E-state index is 0.0926. The Balaban J connectivity index is 1.73. The van der Waals surface area contributed by atoms with E-state index >= 15 is 0 Å². The van der Waals surface area contributed by atoms with Gasteiger partial charge in [-0.2, -0.15) is 15.1 Å². The van der Waals surface area contributed by atoms with Crippen molar-refractivity contribution in [2.45, 2.75) is 26.3 Å². The summed E-state index contributed by atoms with van der Waals surface area (Å²) in [6, 6.07) is 7.95. The zero-order chi connectivity index (χ0) is 16.7. The molecule has 7 heteroatoms. The number of H-pyrrole nitrogens is 2. The highest BCUT2D eigenvalue weighted by atomic mass is 15.2. The molecule has 0 atom stereocenters. The van der Waals surface area contributed by atoms with Gasteiger partial charge in [-0.05, 0) is 45.0 Å². The van der Waals surface area contributed by atoms with Gasteiger partial charge in [-0.25, -0.2) is 0 Å². The second-order valence-corrected chi connectivity index (χ2v) is 6.81. The summed E-state index contributed by atoms with van der Waals surface area (Å²) in [6.45, 7) is 6.31. The molecule has 0 radical (unpaired) electrons. The molecule has 24 heavy (non-hydrogen) atoms. The smallest absolute Gasteiger partial charge is 0.231 e. The highest BCUT2D eigenvalue weighted by Gasteiger charge is 2.15. The lowest BCUT2D eigenvalue weighted by Gasteiger charge is -2.22. The van der Waals surface area contributed by atoms with Crippen molar-refractivity contribution >= 4 is 39.4 Å². The maximum Gasteiger partial charge on any atom is 0.231 e. The van der Waals surface area contributed by atoms with E-state index in [-0.39, 0.29) is 5.54 Å². The summed E-state index contributed by atoms with van der Waals surface area (Å²) in [5, 5.41) is 15.7. The van der Waals surface area contributed by atoms with Crippen LogP contribution in [-0.4, -0.2) is 30.7 Å². The molecule has 0 saturated carbocycles. The normalized spacial score (nSPS) is 12.0. The van der Waals surface area contributed by atoms with Gasteiger partial charge in [0.2, 0.25) is 5.95 Å². The van der Waals surface area contributed by atoms with Gasteiger partial charge in [0.1, 0.15) is 11.5 Å². The quantitative estimate of drug-likeness (QED) is 0.460. The van der Waals surface area contributed by atoms with Crippen molar-refractivity contribution in [2.24, 2.45) is 0 Å². The molecule has 0 saturated heterocycles. The van der Waals surface area contributed by atoms with Gasteiger partial charge in [0.25, 0.3) is 0 Å². The predicted octanol–water partition coefficient (Wildman–Crippen LogP) is 3.79. The molecule has 122 valence electrons. The topological polar surface area (TPSA) is 94.3 Å². The van der Waals surface area contributed by atoms with Crippen LogP contribution in [0.5, 0.6) is 0 Å². The maximum absolute atomic E-state index is 4.64. The summed E-state index contributed by atoms with van der Waals surface area (Å²) >= 11 is 0. The molecule has 0 bridgehead atoms. The number of aromatic amines is 2. The Bertz CT molecular complexity index is 1010. The highest BCUT2D eigenvalue weighted by Crippen LogP contribution is 2.26. The minimum Gasteiger partial charge on any atom is -0.365 e. The maximum atomic E-state index is 4.64. The molecule has 4 aromatic rings. The van der Waals surface area contributed by atoms with Crippen molar-refractivity contribution in [2.75, 3.05) is 10.6 Å². The first-order chi connectivity index (χ1) is 11.5. The number of hydrogen-bond acceptors (Lipinski definition) is 5. The first-order valence-electron chi connectivity index (χ1n) is 7.81. The Morgan fingerprint density at radius 3 is 2.79 bits per heavy atom. The summed E-state index contributed by atoms with van der Waals surface area (Å²) in [4.78, 5) is 12.3. The Morgan fingerprint density at radius 2 is 1.96 bits per heavy atom. The lowest BCUT2D eigenvalue weighted by molar-refractivity contribution is 0.631. The minimum atomic E-state index is -0.0926. The molecule has 3 aromatic heterocycles. The van der Waals surface area contributed by atoms with E-state index in [9.17, 15) is 0 Å². The average Bonchev–Trinajstić information content (AvgIpc) is 3.13. The third-order valence-electron chi connectivity index (χ3n) is 3.61. The Kier molecular flexibility index (Phi) is 3.16. The SMILES string of the molecule is CC(C)(C)Nc1nc(Nc2ccc3cn[nH]c3c2)nc2[nH]ccc12. The molecule has 0 aliphatic heterocycles. The monoisotopic (exact) mass is 321 g/mol. The number of anilines is 3. The van der Waals surface area contributed by atoms with Crippen molar-refractivity contribution in [3.05, 3.63) is 36.7 Å². The van der Waals surface area contributed by atoms with Crippen LogP contribution in [0.1, 0.15) is 20.8 Å². The van der Waals surface area contributed by atoms with E-state index in [4.69, 9.17) is 0 Å². The number of benzene rings is 1. The zero-order valence-corrected chi connectivity index (χ0v) is 13.8. The first-order valence-corrected chi connectivity index (χ1v) is 7.81. The second kappa shape index (κ2) is 5.23. The summed E-state index contributed by atoms with van der Waals surface area (Å²) in [6.07, 6.45) is 3.67. The van der Waals surface area contributed by atoms with E-state index in [1.165, 1.54) is 0 Å². The molecule has 0 fully saturated rings. The van der Waals surface area contributed by atoms with Crippen LogP contribution in [0.3, 0.4) is 0 Å². The summed E-state index contributed by atoms with van der Waals surface area (Å²) in [7, 11) is 0. The zero-order valence-electron chi connectivity index (χ0n) is 13.8. The highest BCUT2D eigenvalue weighted by molar-refractivity contribution is 5.89. The lowest BCUT2D eigenvalue weighted by atomic mass is 10.1. The molecule has 0 aliphatic rings. The van der Waals surface area contributed by atoms with Crippen LogP contribution in [0.2, 0.25) is 0 Å². The number of hydrogen-bond donors (Lipinski definition) is 4. The van der Waals surface area contributed by atoms with Gasteiger partial charge in [0, 0.05) is 22.8 Å². The van der Waals surface area contributed by atoms with Crippen molar-refractivity contribution < 1.29 is 0 Å². The number of aromatic nitrogens is 5. The van der Waals surface area contributed by atoms with Crippen molar-refractivity contribution in [1.82, 2.24) is 25.1 Å². The van der Waals surface area contributed by atoms with Crippen LogP contribution < -0.4 is 10.6 Å². The van der Waals surface area contributed by atoms with Crippen LogP contribution in [-0.2, 0) is 0 Å². The Hall–Kier alpha value is -3.09. The number of fused-ring (bicyclic) bond motifs is 2. The Morgan fingerprint density at radius 1 is 1.08 bits per heavy atom. The van der Waals surface area contributed by atoms with Gasteiger partial charge in [0.15, 0.2) is 0 Å². The molecule has 0 aliphatic carbocycles. The molecule has 1 aromatic carbocycles. The largest absolute Gasteiger partial charge is 0.365 e. The fourth-order valence-corrected chi connectivity index (χ4v) is 2.59. The molecule has 3 heterocycles. The van der Waals surface area contributed by atoms with Gasteiger partial charge >= 0.3 is 0 Å². The van der Waals surface area contributed by atoms with E-state index in [0.29, 0.717) is 5.95 Å². The van der Waals surface area contributed by atoms with Crippen molar-refractivity contribution in [1.29, 1.82) is 0 Å². The molecular weight excluding hydrogens is 302 g/mol. The third kappa shape index (κ3) is 2.76. The van der Waals surface area contributed by atoms with Gasteiger partial charge in [-0.15, -0.1) is 0 Å². The van der Waals surface area contributed by atoms with E-state index in [0.717, 1.165) is 33.4 Å². The summed E-state index contributed by atoms with van der Waals surface area (Å²) < 4.78 is 0. The van der Waals surface area contributed by atoms with Crippen LogP contribution in [0.15, 0.2) is 36.7 Å². The van der Waals surface area contributed by atoms with Crippen molar-refractivity contribution in [3.8, 4) is 0 Å². The molecule has 4 N–H and O–H groups in total. The predicted molar refractivity (Wildman–Crippen MR) is 96.6 cm³/mol. The van der Waals surface area contributed by atoms with Crippen LogP contribution in [0.4, 0.5) is 17.5 Å². The second-order valence-electron chi connectivity index (χ2n) is 6.81. The molecule has 7 nitrogen and oxygen atoms in total. The lowest BCUT2D eigenvalue weighted by Crippen LogP contribution is -2.27. The van der Waals surface area contributed by atoms with E-state index in [2.05, 4.69) is 56.6 Å². The van der Waals surface area contributed by atoms with Crippen LogP contribution >= 0.6 is 0 Å². The summed E-state index contributed by atoms with van der Waals surface area (Å²) in [5.74, 6) is 1.34. The van der Waals surface area contributed by atoms with Gasteiger partial charge in [-0.1, -0.05) is 0 Å². The third-order valence-corrected chi connectivity index (χ3v) is 3.61. The summed E-state index contributed by atoms with van der Waals surface area (Å²) in [5.41, 5.74) is 2.57. The molecular formula is C17H19N7. The standard InChI is InChI=1S/C17H19N7/c1-17(2,3)23-15-12-6-7-18-14(12)21-16(22-15)20-11-5-4-10-9-19-24-13(10)8-11/h4-9H,1-3H3,(H,19,24)(H3,18,20,21,22,23). The fourth-order valence-electron chi connectivity index (χ4n) is 2.59. The number of nitrogens with zero attached hydrogens (tertiary/aromatic N) is 3. The van der Waals surface area contributed by atoms with Crippen molar-refractivity contribution in [3.63, 3.8) is 0 Å². The molecule has 0 amide bonds. The van der Waals surface area contributed by atoms with Gasteiger partial charge in [-0.3, -0.25) is 5.10 Å². The fraction of sp³-hybridized carbons (Fsp3) is 0.235. The van der Waals surface area contributed by atoms with Crippen LogP contribution in [0.25, 0.3) is 21.9 Å². The Labute approximate surface area is 138 Å². The van der Waals surface area contributed by atoms with E-state index < -0.39 is 0 Å².